The molecule has 0 radical (unpaired) electrons. The number of aromatic nitrogens is 3. The highest BCUT2D eigenvalue weighted by Crippen LogP contribution is 2.33. The molecule has 1 aliphatic heterocycles. The number of hydrogen-bond donors (Lipinski definition) is 1. The molecule has 0 aliphatic carbocycles. The van der Waals surface area contributed by atoms with E-state index in [2.05, 4.69) is 15.4 Å². The number of rotatable bonds is 3. The van der Waals surface area contributed by atoms with Crippen molar-refractivity contribution in [2.75, 3.05) is 16.8 Å². The van der Waals surface area contributed by atoms with E-state index in [4.69, 9.17) is 0 Å². The predicted molar refractivity (Wildman–Crippen MR) is 107 cm³/mol. The average molecular weight is 429 g/mol. The quantitative estimate of drug-likeness (QED) is 0.681. The van der Waals surface area contributed by atoms with Crippen molar-refractivity contribution in [2.24, 2.45) is 0 Å². The number of pyridine rings is 1. The molecular weight excluding hydrogens is 411 g/mol. The fourth-order valence-corrected chi connectivity index (χ4v) is 3.40. The molecule has 0 unspecified atom stereocenters. The Hall–Kier alpha value is -3.69. The van der Waals surface area contributed by atoms with Crippen LogP contribution in [-0.4, -0.2) is 33.1 Å². The van der Waals surface area contributed by atoms with E-state index in [0.29, 0.717) is 11.3 Å². The lowest BCUT2D eigenvalue weighted by Crippen LogP contribution is -2.43. The summed E-state index contributed by atoms with van der Waals surface area (Å²) >= 11 is 0. The number of nitrogens with zero attached hydrogens (tertiary/aromatic N) is 4. The first-order chi connectivity index (χ1) is 14.6. The third-order valence-corrected chi connectivity index (χ3v) is 5.04. The normalized spacial score (nSPS) is 16.2. The Labute approximate surface area is 175 Å². The molecule has 1 aromatic carbocycles. The van der Waals surface area contributed by atoms with Crippen molar-refractivity contribution >= 4 is 23.2 Å². The van der Waals surface area contributed by atoms with Crippen LogP contribution >= 0.6 is 0 Å². The Morgan fingerprint density at radius 2 is 1.84 bits per heavy atom. The third kappa shape index (κ3) is 3.88. The number of benzene rings is 1. The van der Waals surface area contributed by atoms with Crippen LogP contribution < -0.4 is 10.2 Å². The number of halogens is 3. The molecule has 160 valence electrons. The Morgan fingerprint density at radius 1 is 1.13 bits per heavy atom. The minimum absolute atomic E-state index is 0.159. The Bertz CT molecular complexity index is 1140. The van der Waals surface area contributed by atoms with Gasteiger partial charge in [0.2, 0.25) is 0 Å². The molecule has 2 amide bonds. The van der Waals surface area contributed by atoms with Gasteiger partial charge in [0.05, 0.1) is 29.1 Å². The Morgan fingerprint density at radius 3 is 2.45 bits per heavy atom. The zero-order valence-electron chi connectivity index (χ0n) is 16.6. The summed E-state index contributed by atoms with van der Waals surface area (Å²) in [5.74, 6) is -0.914. The molecule has 0 fully saturated rings. The number of carbonyl (C=O) groups excluding carboxylic acids is 2. The number of anilines is 2. The van der Waals surface area contributed by atoms with Crippen LogP contribution in [0.3, 0.4) is 0 Å². The number of aryl methyl sites for hydroxylation is 1. The molecule has 4 rings (SSSR count). The van der Waals surface area contributed by atoms with Crippen LogP contribution in [0, 0.1) is 6.92 Å². The van der Waals surface area contributed by atoms with Gasteiger partial charge in [-0.2, -0.15) is 18.3 Å². The van der Waals surface area contributed by atoms with Crippen molar-refractivity contribution in [3.8, 4) is 0 Å². The lowest BCUT2D eigenvalue weighted by Gasteiger charge is -2.32. The first-order valence-corrected chi connectivity index (χ1v) is 9.46. The SMILES string of the molecule is Cc1ccc(C(=O)Nc2cnn3c2C(=O)N(c2ccc(C(F)(F)F)cc2)C[C@@H]3C)cn1. The smallest absolute Gasteiger partial charge is 0.319 e. The monoisotopic (exact) mass is 429 g/mol. The maximum atomic E-state index is 13.2. The van der Waals surface area contributed by atoms with Crippen LogP contribution in [0.4, 0.5) is 24.5 Å². The number of amides is 2. The van der Waals surface area contributed by atoms with E-state index in [1.165, 1.54) is 34.1 Å². The van der Waals surface area contributed by atoms with Crippen LogP contribution in [0.15, 0.2) is 48.8 Å². The van der Waals surface area contributed by atoms with Gasteiger partial charge in [-0.15, -0.1) is 0 Å². The summed E-state index contributed by atoms with van der Waals surface area (Å²) in [6.45, 7) is 3.86. The van der Waals surface area contributed by atoms with E-state index < -0.39 is 23.6 Å². The Balaban J connectivity index is 1.62. The minimum Gasteiger partial charge on any atom is -0.319 e. The van der Waals surface area contributed by atoms with E-state index >= 15 is 0 Å². The molecule has 2 aromatic heterocycles. The summed E-state index contributed by atoms with van der Waals surface area (Å²) in [6, 6.07) is 7.46. The van der Waals surface area contributed by atoms with Crippen molar-refractivity contribution in [2.45, 2.75) is 26.1 Å². The van der Waals surface area contributed by atoms with Gasteiger partial charge in [-0.1, -0.05) is 0 Å². The van der Waals surface area contributed by atoms with Crippen LogP contribution in [0.2, 0.25) is 0 Å². The molecule has 7 nitrogen and oxygen atoms in total. The fourth-order valence-electron chi connectivity index (χ4n) is 3.40. The topological polar surface area (TPSA) is 80.1 Å². The van der Waals surface area contributed by atoms with Gasteiger partial charge >= 0.3 is 6.18 Å². The van der Waals surface area contributed by atoms with Crippen molar-refractivity contribution in [3.05, 3.63) is 71.3 Å². The first-order valence-electron chi connectivity index (χ1n) is 9.46. The lowest BCUT2D eigenvalue weighted by atomic mass is 10.1. The molecule has 0 saturated heterocycles. The van der Waals surface area contributed by atoms with Crippen molar-refractivity contribution in [1.29, 1.82) is 0 Å². The van der Waals surface area contributed by atoms with Crippen LogP contribution in [0.1, 0.15) is 45.1 Å². The molecule has 1 N–H and O–H groups in total. The van der Waals surface area contributed by atoms with Crippen molar-refractivity contribution in [1.82, 2.24) is 14.8 Å². The van der Waals surface area contributed by atoms with E-state index in [-0.39, 0.29) is 24.0 Å². The standard InChI is InChI=1S/C21H18F3N5O2/c1-12-3-4-14(9-25-12)19(30)27-17-10-26-29-13(2)11-28(20(31)18(17)29)16-7-5-15(6-8-16)21(22,23)24/h3-10,13H,11H2,1-2H3,(H,27,30)/t13-/m0/s1. The molecule has 10 heteroatoms. The van der Waals surface area contributed by atoms with E-state index in [1.807, 2.05) is 6.92 Å². The second-order valence-electron chi connectivity index (χ2n) is 7.30. The minimum atomic E-state index is -4.46. The van der Waals surface area contributed by atoms with Gasteiger partial charge in [0.1, 0.15) is 0 Å². The highest BCUT2D eigenvalue weighted by molar-refractivity contribution is 6.13. The fraction of sp³-hybridized carbons (Fsp3) is 0.238. The highest BCUT2D eigenvalue weighted by atomic mass is 19.4. The number of nitrogens with one attached hydrogen (secondary N) is 1. The molecule has 3 heterocycles. The molecule has 1 aliphatic rings. The van der Waals surface area contributed by atoms with Gasteiger partial charge in [-0.3, -0.25) is 19.3 Å². The average Bonchev–Trinajstić information content (AvgIpc) is 3.15. The zero-order valence-corrected chi connectivity index (χ0v) is 16.6. The molecule has 1 atom stereocenters. The number of carbonyl (C=O) groups is 2. The molecule has 0 bridgehead atoms. The molecule has 3 aromatic rings. The second-order valence-corrected chi connectivity index (χ2v) is 7.30. The number of fused-ring (bicyclic) bond motifs is 1. The predicted octanol–water partition coefficient (Wildman–Crippen LogP) is 4.08. The van der Waals surface area contributed by atoms with Crippen LogP contribution in [-0.2, 0) is 6.18 Å². The zero-order chi connectivity index (χ0) is 22.3. The lowest BCUT2D eigenvalue weighted by molar-refractivity contribution is -0.137. The maximum Gasteiger partial charge on any atom is 0.416 e. The van der Waals surface area contributed by atoms with E-state index in [9.17, 15) is 22.8 Å². The summed E-state index contributed by atoms with van der Waals surface area (Å²) in [4.78, 5) is 31.2. The largest absolute Gasteiger partial charge is 0.416 e. The number of hydrogen-bond acceptors (Lipinski definition) is 4. The van der Waals surface area contributed by atoms with Gasteiger partial charge < -0.3 is 10.2 Å². The van der Waals surface area contributed by atoms with Crippen molar-refractivity contribution in [3.63, 3.8) is 0 Å². The highest BCUT2D eigenvalue weighted by Gasteiger charge is 2.35. The molecule has 0 spiro atoms. The summed E-state index contributed by atoms with van der Waals surface area (Å²) in [5.41, 5.74) is 0.999. The molecule has 31 heavy (non-hydrogen) atoms. The summed E-state index contributed by atoms with van der Waals surface area (Å²) < 4.78 is 40.1. The Kier molecular flexibility index (Phi) is 5.00. The number of alkyl halides is 3. The summed E-state index contributed by atoms with van der Waals surface area (Å²) in [5, 5.41) is 6.89. The van der Waals surface area contributed by atoms with Gasteiger partial charge in [-0.25, -0.2) is 0 Å². The van der Waals surface area contributed by atoms with Crippen molar-refractivity contribution < 1.29 is 22.8 Å². The van der Waals surface area contributed by atoms with Gasteiger partial charge in [0, 0.05) is 24.1 Å². The van der Waals surface area contributed by atoms with Gasteiger partial charge in [0.15, 0.2) is 5.69 Å². The molecular formula is C21H18F3N5O2. The summed E-state index contributed by atoms with van der Waals surface area (Å²) in [6.07, 6.45) is -1.64. The van der Waals surface area contributed by atoms with Gasteiger partial charge in [-0.05, 0) is 50.2 Å². The van der Waals surface area contributed by atoms with E-state index in [0.717, 1.165) is 17.8 Å². The van der Waals surface area contributed by atoms with Gasteiger partial charge in [0.25, 0.3) is 11.8 Å². The van der Waals surface area contributed by atoms with Crippen LogP contribution in [0.5, 0.6) is 0 Å². The third-order valence-electron chi connectivity index (χ3n) is 5.04. The second kappa shape index (κ2) is 7.53. The summed E-state index contributed by atoms with van der Waals surface area (Å²) in [7, 11) is 0. The first kappa shape index (κ1) is 20.6. The maximum absolute atomic E-state index is 13.2. The van der Waals surface area contributed by atoms with E-state index in [1.54, 1.807) is 19.1 Å². The molecule has 0 saturated carbocycles. The van der Waals surface area contributed by atoms with Crippen LogP contribution in [0.25, 0.3) is 0 Å².